The van der Waals surface area contributed by atoms with Gasteiger partial charge in [-0.3, -0.25) is 14.4 Å². The van der Waals surface area contributed by atoms with Crippen LogP contribution < -0.4 is 21.3 Å². The maximum atomic E-state index is 12.9. The molecule has 9 heteroatoms. The van der Waals surface area contributed by atoms with Gasteiger partial charge in [-0.2, -0.15) is 0 Å². The third-order valence-corrected chi connectivity index (χ3v) is 6.07. The zero-order valence-corrected chi connectivity index (χ0v) is 21.8. The molecule has 1 aliphatic rings. The Kier molecular flexibility index (Phi) is 12.9. The molecule has 4 amide bonds. The minimum atomic E-state index is -0.697. The number of Topliss-reactive ketones (excluding diaryl/α,β-unsaturated/α-hetero) is 1. The zero-order valence-electron chi connectivity index (χ0n) is 21.8. The van der Waals surface area contributed by atoms with Crippen molar-refractivity contribution in [2.24, 2.45) is 5.41 Å². The summed E-state index contributed by atoms with van der Waals surface area (Å²) in [5.74, 6) is -0.803. The van der Waals surface area contributed by atoms with Crippen LogP contribution in [0.4, 0.5) is 4.79 Å². The van der Waals surface area contributed by atoms with E-state index in [4.69, 9.17) is 0 Å². The van der Waals surface area contributed by atoms with Crippen LogP contribution in [0.15, 0.2) is 12.2 Å². The molecule has 0 saturated carbocycles. The van der Waals surface area contributed by atoms with E-state index in [1.807, 2.05) is 33.9 Å². The minimum Gasteiger partial charge on any atom is -0.341 e. The molecule has 2 unspecified atom stereocenters. The van der Waals surface area contributed by atoms with Crippen LogP contribution in [0.5, 0.6) is 0 Å². The van der Waals surface area contributed by atoms with Gasteiger partial charge in [0.15, 0.2) is 5.78 Å². The summed E-state index contributed by atoms with van der Waals surface area (Å²) < 4.78 is 0. The summed E-state index contributed by atoms with van der Waals surface area (Å²) in [4.78, 5) is 51.5. The van der Waals surface area contributed by atoms with Crippen molar-refractivity contribution in [1.82, 2.24) is 26.2 Å². The molecule has 0 aromatic rings. The first kappa shape index (κ1) is 29.6. The van der Waals surface area contributed by atoms with E-state index in [9.17, 15) is 19.2 Å². The second-order valence-corrected chi connectivity index (χ2v) is 10.1. The van der Waals surface area contributed by atoms with Crippen LogP contribution in [-0.4, -0.2) is 73.3 Å². The molecule has 0 aromatic heterocycles. The molecular weight excluding hydrogens is 434 g/mol. The number of hydrogen-bond acceptors (Lipinski definition) is 5. The van der Waals surface area contributed by atoms with Crippen molar-refractivity contribution in [2.75, 3.05) is 26.7 Å². The van der Waals surface area contributed by atoms with Gasteiger partial charge >= 0.3 is 6.03 Å². The van der Waals surface area contributed by atoms with Crippen molar-refractivity contribution in [3.05, 3.63) is 12.2 Å². The van der Waals surface area contributed by atoms with E-state index < -0.39 is 18.1 Å². The van der Waals surface area contributed by atoms with Crippen LogP contribution in [0, 0.1) is 5.41 Å². The molecule has 1 fully saturated rings. The smallest absolute Gasteiger partial charge is 0.315 e. The number of likely N-dealkylation sites (tertiary alicyclic amines) is 1. The van der Waals surface area contributed by atoms with E-state index >= 15 is 0 Å². The first-order valence-electron chi connectivity index (χ1n) is 12.5. The molecule has 3 atom stereocenters. The number of urea groups is 1. The Hall–Kier alpha value is -2.42. The number of rotatable bonds is 13. The monoisotopic (exact) mass is 479 g/mol. The number of likely N-dealkylation sites (N-methyl/N-ethyl adjacent to an activating group) is 1. The lowest BCUT2D eigenvalue weighted by Crippen LogP contribution is -2.55. The topological polar surface area (TPSA) is 120 Å². The highest BCUT2D eigenvalue weighted by Gasteiger charge is 2.35. The fourth-order valence-electron chi connectivity index (χ4n) is 3.86. The van der Waals surface area contributed by atoms with Gasteiger partial charge in [-0.1, -0.05) is 52.7 Å². The summed E-state index contributed by atoms with van der Waals surface area (Å²) in [5.41, 5.74) is -0.153. The summed E-state index contributed by atoms with van der Waals surface area (Å²) in [6.07, 6.45) is 9.04. The van der Waals surface area contributed by atoms with Gasteiger partial charge in [0.05, 0.1) is 6.54 Å². The molecular formula is C25H45N5O4. The number of carbonyl (C=O) groups is 4. The van der Waals surface area contributed by atoms with Crippen molar-refractivity contribution >= 4 is 23.6 Å². The number of ketones is 1. The Balaban J connectivity index is 2.64. The van der Waals surface area contributed by atoms with Gasteiger partial charge in [-0.05, 0) is 45.1 Å². The molecule has 0 radical (unpaired) electrons. The van der Waals surface area contributed by atoms with E-state index in [2.05, 4.69) is 28.2 Å². The zero-order chi connectivity index (χ0) is 25.7. The number of amides is 4. The summed E-state index contributed by atoms with van der Waals surface area (Å²) in [7, 11) is 1.82. The van der Waals surface area contributed by atoms with Gasteiger partial charge in [-0.15, -0.1) is 0 Å². The Morgan fingerprint density at radius 1 is 1.12 bits per heavy atom. The van der Waals surface area contributed by atoms with Gasteiger partial charge in [0.1, 0.15) is 12.1 Å². The molecule has 194 valence electrons. The van der Waals surface area contributed by atoms with Crippen LogP contribution >= 0.6 is 0 Å². The molecule has 1 aliphatic heterocycles. The number of hydrogen-bond donors (Lipinski definition) is 4. The van der Waals surface area contributed by atoms with Gasteiger partial charge < -0.3 is 26.2 Å². The lowest BCUT2D eigenvalue weighted by molar-refractivity contribution is -0.138. The first-order chi connectivity index (χ1) is 16.0. The van der Waals surface area contributed by atoms with Gasteiger partial charge in [0.25, 0.3) is 0 Å². The van der Waals surface area contributed by atoms with Crippen molar-refractivity contribution < 1.29 is 19.2 Å². The molecule has 0 spiro atoms. The third-order valence-electron chi connectivity index (χ3n) is 6.07. The van der Waals surface area contributed by atoms with Crippen molar-refractivity contribution in [3.8, 4) is 0 Å². The SMILES string of the molecule is CCCCC/C=C\C(NC(=O)[C@@H]1CCCN1C(=O)CNC(=O)NC(CNC)C(C)(C)C)C(C)=O. The third kappa shape index (κ3) is 10.2. The average molecular weight is 480 g/mol. The molecule has 9 nitrogen and oxygen atoms in total. The Bertz CT molecular complexity index is 717. The number of allylic oxidation sites excluding steroid dienone is 1. The van der Waals surface area contributed by atoms with Crippen LogP contribution in [0.2, 0.25) is 0 Å². The summed E-state index contributed by atoms with van der Waals surface area (Å²) >= 11 is 0. The molecule has 0 aromatic carbocycles. The first-order valence-corrected chi connectivity index (χ1v) is 12.5. The van der Waals surface area contributed by atoms with Crippen LogP contribution in [0.25, 0.3) is 0 Å². The average Bonchev–Trinajstić information content (AvgIpc) is 3.25. The van der Waals surface area contributed by atoms with E-state index in [1.54, 1.807) is 6.08 Å². The molecule has 34 heavy (non-hydrogen) atoms. The van der Waals surface area contributed by atoms with E-state index in [0.717, 1.165) is 25.7 Å². The maximum absolute atomic E-state index is 12.9. The van der Waals surface area contributed by atoms with Crippen molar-refractivity contribution in [3.63, 3.8) is 0 Å². The molecule has 4 N–H and O–H groups in total. The highest BCUT2D eigenvalue weighted by Crippen LogP contribution is 2.19. The second-order valence-electron chi connectivity index (χ2n) is 10.1. The molecule has 1 rings (SSSR count). The van der Waals surface area contributed by atoms with Crippen LogP contribution in [0.1, 0.15) is 73.1 Å². The number of nitrogens with one attached hydrogen (secondary N) is 4. The maximum Gasteiger partial charge on any atom is 0.315 e. The summed E-state index contributed by atoms with van der Waals surface area (Å²) in [6.45, 7) is 10.5. The minimum absolute atomic E-state index is 0.114. The number of nitrogens with zero attached hydrogens (tertiary/aromatic N) is 1. The highest BCUT2D eigenvalue weighted by molar-refractivity contribution is 5.94. The predicted octanol–water partition coefficient (Wildman–Crippen LogP) is 2.12. The second kappa shape index (κ2) is 14.8. The van der Waals surface area contributed by atoms with E-state index in [-0.39, 0.29) is 35.6 Å². The predicted molar refractivity (Wildman–Crippen MR) is 134 cm³/mol. The lowest BCUT2D eigenvalue weighted by Gasteiger charge is -2.31. The highest BCUT2D eigenvalue weighted by atomic mass is 16.2. The summed E-state index contributed by atoms with van der Waals surface area (Å²) in [6, 6.07) is -1.87. The van der Waals surface area contributed by atoms with Crippen LogP contribution in [-0.2, 0) is 14.4 Å². The van der Waals surface area contributed by atoms with Gasteiger partial charge in [-0.25, -0.2) is 4.79 Å². The summed E-state index contributed by atoms with van der Waals surface area (Å²) in [5, 5.41) is 11.4. The molecule has 0 bridgehead atoms. The molecule has 1 saturated heterocycles. The van der Waals surface area contributed by atoms with Gasteiger partial charge in [0.2, 0.25) is 11.8 Å². The fourth-order valence-corrected chi connectivity index (χ4v) is 3.86. The largest absolute Gasteiger partial charge is 0.341 e. The van der Waals surface area contributed by atoms with E-state index in [1.165, 1.54) is 11.8 Å². The van der Waals surface area contributed by atoms with Crippen molar-refractivity contribution in [1.29, 1.82) is 0 Å². The quantitative estimate of drug-likeness (QED) is 0.238. The molecule has 1 heterocycles. The standard InChI is InChI=1S/C25H45N5O4/c1-7-8-9-10-11-13-19(18(2)31)28-23(33)20-14-12-15-30(20)22(32)17-27-24(34)29-21(16-26-6)25(3,4)5/h11,13,19-21,26H,7-10,12,14-17H2,1-6H3,(H,28,33)(H2,27,29,34)/b13-11-/t19?,20-,21?/m0/s1. The Morgan fingerprint density at radius 3 is 2.41 bits per heavy atom. The molecule has 0 aliphatic carbocycles. The Labute approximate surface area is 204 Å². The van der Waals surface area contributed by atoms with E-state index in [0.29, 0.717) is 25.9 Å². The lowest BCUT2D eigenvalue weighted by atomic mass is 9.87. The van der Waals surface area contributed by atoms with Gasteiger partial charge in [0, 0.05) is 19.1 Å². The van der Waals surface area contributed by atoms with Crippen LogP contribution in [0.3, 0.4) is 0 Å². The fraction of sp³-hybridized carbons (Fsp3) is 0.760. The van der Waals surface area contributed by atoms with Crippen molar-refractivity contribution in [2.45, 2.75) is 91.3 Å². The normalized spacial score (nSPS) is 17.9. The Morgan fingerprint density at radius 2 is 1.82 bits per heavy atom. The number of unbranched alkanes of at least 4 members (excludes halogenated alkanes) is 3. The number of carbonyl (C=O) groups excluding carboxylic acids is 4.